The summed E-state index contributed by atoms with van der Waals surface area (Å²) in [4.78, 5) is 36.6. The third kappa shape index (κ3) is 5.47. The van der Waals surface area contributed by atoms with E-state index in [1.165, 1.54) is 5.56 Å². The first kappa shape index (κ1) is 24.1. The molecule has 1 aromatic carbocycles. The molecule has 2 aliphatic rings. The van der Waals surface area contributed by atoms with E-state index in [0.717, 1.165) is 61.7 Å². The number of benzene rings is 1. The zero-order valence-corrected chi connectivity index (χ0v) is 20.5. The molecular weight excluding hydrogens is 460 g/mol. The Balaban J connectivity index is 1.47. The third-order valence-corrected chi connectivity index (χ3v) is 6.69. The average molecular weight is 493 g/mol. The molecule has 36 heavy (non-hydrogen) atoms. The highest BCUT2D eigenvalue weighted by atomic mass is 16.5. The fourth-order valence-corrected chi connectivity index (χ4v) is 4.77. The Kier molecular flexibility index (Phi) is 7.38. The molecule has 0 amide bonds. The first-order valence-electron chi connectivity index (χ1n) is 12.4. The average Bonchev–Trinajstić information content (AvgIpc) is 2.92. The van der Waals surface area contributed by atoms with Gasteiger partial charge in [0.2, 0.25) is 5.95 Å². The summed E-state index contributed by atoms with van der Waals surface area (Å²) >= 11 is 0. The van der Waals surface area contributed by atoms with Crippen LogP contribution in [0.25, 0.3) is 11.0 Å². The van der Waals surface area contributed by atoms with E-state index in [1.807, 2.05) is 25.2 Å². The topological polar surface area (TPSA) is 120 Å². The van der Waals surface area contributed by atoms with Crippen molar-refractivity contribution in [2.75, 3.05) is 67.7 Å². The van der Waals surface area contributed by atoms with Gasteiger partial charge >= 0.3 is 5.97 Å². The van der Waals surface area contributed by atoms with Gasteiger partial charge in [-0.3, -0.25) is 4.79 Å². The lowest BCUT2D eigenvalue weighted by molar-refractivity contribution is -0.136. The lowest BCUT2D eigenvalue weighted by Gasteiger charge is -2.34. The molecule has 0 unspecified atom stereocenters. The Morgan fingerprint density at radius 3 is 2.53 bits per heavy atom. The van der Waals surface area contributed by atoms with Gasteiger partial charge in [0, 0.05) is 45.8 Å². The fraction of sp³-hybridized carbons (Fsp3) is 0.480. The van der Waals surface area contributed by atoms with Gasteiger partial charge in [-0.1, -0.05) is 30.3 Å². The van der Waals surface area contributed by atoms with E-state index in [-0.39, 0.29) is 12.6 Å². The molecule has 2 aromatic heterocycles. The quantitative estimate of drug-likeness (QED) is 0.476. The van der Waals surface area contributed by atoms with Crippen LogP contribution in [0.4, 0.5) is 17.6 Å². The van der Waals surface area contributed by atoms with Crippen LogP contribution in [0, 0.1) is 0 Å². The Bertz CT molecular complexity index is 1180. The summed E-state index contributed by atoms with van der Waals surface area (Å²) in [7, 11) is 2.02. The molecule has 0 radical (unpaired) electrons. The molecule has 11 heteroatoms. The molecule has 0 aliphatic carbocycles. The third-order valence-electron chi connectivity index (χ3n) is 6.69. The van der Waals surface area contributed by atoms with Crippen molar-refractivity contribution < 1.29 is 14.6 Å². The Labute approximate surface area is 210 Å². The van der Waals surface area contributed by atoms with Gasteiger partial charge in [-0.05, 0) is 18.4 Å². The number of carbonyl (C=O) groups is 1. The number of hydrogen-bond acceptors (Lipinski definition) is 10. The Morgan fingerprint density at radius 1 is 1.06 bits per heavy atom. The molecule has 0 bridgehead atoms. The first-order chi connectivity index (χ1) is 17.6. The van der Waals surface area contributed by atoms with Gasteiger partial charge in [-0.2, -0.15) is 4.98 Å². The molecule has 0 atom stereocenters. The number of aromatic nitrogens is 4. The van der Waals surface area contributed by atoms with Gasteiger partial charge < -0.3 is 29.9 Å². The van der Waals surface area contributed by atoms with Gasteiger partial charge in [0.25, 0.3) is 0 Å². The highest BCUT2D eigenvalue weighted by molar-refractivity contribution is 5.94. The summed E-state index contributed by atoms with van der Waals surface area (Å²) in [5.41, 5.74) is 2.66. The van der Waals surface area contributed by atoms with Crippen LogP contribution >= 0.6 is 0 Å². The second kappa shape index (κ2) is 11.0. The van der Waals surface area contributed by atoms with Crippen LogP contribution in [-0.4, -0.2) is 90.0 Å². The minimum Gasteiger partial charge on any atom is -0.480 e. The number of aliphatic carboxylic acids is 1. The van der Waals surface area contributed by atoms with Crippen LogP contribution in [0.15, 0.2) is 36.7 Å². The van der Waals surface area contributed by atoms with E-state index >= 15 is 0 Å². The number of carboxylic acid groups (broad SMARTS) is 1. The molecule has 5 rings (SSSR count). The smallest absolute Gasteiger partial charge is 0.317 e. The fourth-order valence-electron chi connectivity index (χ4n) is 4.77. The minimum absolute atomic E-state index is 0.0211. The second-order valence-corrected chi connectivity index (χ2v) is 9.22. The normalized spacial score (nSPS) is 16.9. The number of morpholine rings is 1. The predicted molar refractivity (Wildman–Crippen MR) is 138 cm³/mol. The summed E-state index contributed by atoms with van der Waals surface area (Å²) in [6.07, 6.45) is 3.24. The van der Waals surface area contributed by atoms with E-state index in [2.05, 4.69) is 42.1 Å². The molecule has 2 N–H and O–H groups in total. The number of carboxylic acids is 1. The lowest BCUT2D eigenvalue weighted by Crippen LogP contribution is -2.44. The molecule has 2 saturated heterocycles. The van der Waals surface area contributed by atoms with Crippen LogP contribution in [0.2, 0.25) is 0 Å². The minimum atomic E-state index is -0.836. The largest absolute Gasteiger partial charge is 0.480 e. The lowest BCUT2D eigenvalue weighted by atomic mass is 10.1. The molecule has 4 heterocycles. The van der Waals surface area contributed by atoms with Crippen molar-refractivity contribution in [3.05, 3.63) is 42.2 Å². The Morgan fingerprint density at radius 2 is 1.81 bits per heavy atom. The van der Waals surface area contributed by atoms with E-state index in [9.17, 15) is 4.79 Å². The summed E-state index contributed by atoms with van der Waals surface area (Å²) in [5, 5.41) is 12.1. The predicted octanol–water partition coefficient (Wildman–Crippen LogP) is 1.54. The van der Waals surface area contributed by atoms with Crippen molar-refractivity contribution in [2.24, 2.45) is 0 Å². The van der Waals surface area contributed by atoms with Crippen LogP contribution < -0.4 is 20.0 Å². The number of hydrogen-bond donors (Lipinski definition) is 2. The maximum absolute atomic E-state index is 10.9. The molecular formula is C25H32N8O3. The standard InChI is InChI=1S/C25H32N8O3/c1-31(16-18-5-3-2-4-6-18)23-22-21(27-17-28-23)24(32-11-13-36-14-12-32)30-25(29-22)33-9-7-19(8-10-33)26-15-20(34)35/h2-6,17,19,26H,7-16H2,1H3,(H,34,35). The van der Waals surface area contributed by atoms with Crippen LogP contribution in [0.5, 0.6) is 0 Å². The number of fused-ring (bicyclic) bond motifs is 1. The number of piperidine rings is 1. The molecule has 190 valence electrons. The van der Waals surface area contributed by atoms with Gasteiger partial charge in [0.15, 0.2) is 11.6 Å². The zero-order valence-electron chi connectivity index (χ0n) is 20.5. The maximum atomic E-state index is 10.9. The van der Waals surface area contributed by atoms with Crippen LogP contribution in [0.3, 0.4) is 0 Å². The second-order valence-electron chi connectivity index (χ2n) is 9.22. The first-order valence-corrected chi connectivity index (χ1v) is 12.4. The van der Waals surface area contributed by atoms with Crippen molar-refractivity contribution in [2.45, 2.75) is 25.4 Å². The van der Waals surface area contributed by atoms with E-state index < -0.39 is 5.97 Å². The summed E-state index contributed by atoms with van der Waals surface area (Å²) < 4.78 is 5.57. The highest BCUT2D eigenvalue weighted by Gasteiger charge is 2.26. The molecule has 2 fully saturated rings. The number of rotatable bonds is 8. The van der Waals surface area contributed by atoms with Gasteiger partial charge in [0.05, 0.1) is 19.8 Å². The van der Waals surface area contributed by atoms with Crippen LogP contribution in [0.1, 0.15) is 18.4 Å². The van der Waals surface area contributed by atoms with Gasteiger partial charge in [-0.25, -0.2) is 15.0 Å². The van der Waals surface area contributed by atoms with E-state index in [0.29, 0.717) is 25.7 Å². The number of nitrogens with one attached hydrogen (secondary N) is 1. The van der Waals surface area contributed by atoms with Crippen molar-refractivity contribution >= 4 is 34.6 Å². The van der Waals surface area contributed by atoms with Crippen molar-refractivity contribution in [1.29, 1.82) is 0 Å². The Hall–Kier alpha value is -3.57. The monoisotopic (exact) mass is 492 g/mol. The molecule has 11 nitrogen and oxygen atoms in total. The molecule has 2 aliphatic heterocycles. The zero-order chi connectivity index (χ0) is 24.9. The van der Waals surface area contributed by atoms with Gasteiger partial charge in [-0.15, -0.1) is 0 Å². The van der Waals surface area contributed by atoms with Crippen molar-refractivity contribution in [3.63, 3.8) is 0 Å². The van der Waals surface area contributed by atoms with E-state index in [4.69, 9.17) is 19.8 Å². The number of nitrogens with zero attached hydrogens (tertiary/aromatic N) is 7. The summed E-state index contributed by atoms with van der Waals surface area (Å²) in [5.74, 6) is 1.39. The summed E-state index contributed by atoms with van der Waals surface area (Å²) in [6, 6.07) is 10.5. The molecule has 3 aromatic rings. The molecule has 0 spiro atoms. The van der Waals surface area contributed by atoms with Crippen molar-refractivity contribution in [3.8, 4) is 0 Å². The van der Waals surface area contributed by atoms with E-state index in [1.54, 1.807) is 6.33 Å². The highest BCUT2D eigenvalue weighted by Crippen LogP contribution is 2.31. The van der Waals surface area contributed by atoms with Crippen molar-refractivity contribution in [1.82, 2.24) is 25.3 Å². The van der Waals surface area contributed by atoms with Crippen LogP contribution in [-0.2, 0) is 16.1 Å². The SMILES string of the molecule is CN(Cc1ccccc1)c1ncnc2c(N3CCOCC3)nc(N3CCC(NCC(=O)O)CC3)nc12. The molecule has 0 saturated carbocycles. The number of anilines is 3. The number of ether oxygens (including phenoxy) is 1. The maximum Gasteiger partial charge on any atom is 0.317 e. The summed E-state index contributed by atoms with van der Waals surface area (Å²) in [6.45, 7) is 4.94. The van der Waals surface area contributed by atoms with Gasteiger partial charge in [0.1, 0.15) is 17.4 Å².